The Hall–Kier alpha value is -1.78. The highest BCUT2D eigenvalue weighted by Gasteiger charge is 2.25. The highest BCUT2D eigenvalue weighted by molar-refractivity contribution is 7.89. The van der Waals surface area contributed by atoms with Crippen LogP contribution in [0.1, 0.15) is 18.8 Å². The predicted octanol–water partition coefficient (Wildman–Crippen LogP) is 0.614. The Labute approximate surface area is 118 Å². The maximum absolute atomic E-state index is 13.8. The number of nitrogens with one attached hydrogen (secondary N) is 2. The molecular weight excluding hydrogens is 311 g/mol. The van der Waals surface area contributed by atoms with Gasteiger partial charge in [0.2, 0.25) is 10.0 Å². The van der Waals surface area contributed by atoms with Crippen molar-refractivity contribution in [2.45, 2.75) is 17.9 Å². The van der Waals surface area contributed by atoms with Crippen LogP contribution in [-0.2, 0) is 10.0 Å². The Morgan fingerprint density at radius 3 is 2.80 bits per heavy atom. The van der Waals surface area contributed by atoms with Crippen LogP contribution in [0.2, 0.25) is 5.02 Å². The van der Waals surface area contributed by atoms with Crippen molar-refractivity contribution in [1.82, 2.24) is 25.3 Å². The number of sulfonamides is 1. The fourth-order valence-electron chi connectivity index (χ4n) is 1.48. The number of rotatable bonds is 4. The minimum absolute atomic E-state index is 0.0315. The number of aromatic amines is 1. The number of hydrogen-bond donors (Lipinski definition) is 3. The summed E-state index contributed by atoms with van der Waals surface area (Å²) in [6, 6.07) is 1.30. The summed E-state index contributed by atoms with van der Waals surface area (Å²) in [4.78, 5) is -0.641. The number of hydrogen-bond acceptors (Lipinski definition) is 6. The lowest BCUT2D eigenvalue weighted by Gasteiger charge is -2.12. The summed E-state index contributed by atoms with van der Waals surface area (Å²) < 4.78 is 40.2. The first-order valence-corrected chi connectivity index (χ1v) is 7.17. The normalized spacial score (nSPS) is 13.3. The average Bonchev–Trinajstić information content (AvgIpc) is 2.86. The lowest BCUT2D eigenvalue weighted by atomic mass is 10.3. The molecule has 1 aromatic heterocycles. The second-order valence-corrected chi connectivity index (χ2v) is 6.02. The molecule has 20 heavy (non-hydrogen) atoms. The summed E-state index contributed by atoms with van der Waals surface area (Å²) >= 11 is 5.57. The van der Waals surface area contributed by atoms with Crippen molar-refractivity contribution in [3.63, 3.8) is 0 Å². The molecule has 1 heterocycles. The molecule has 0 saturated heterocycles. The van der Waals surface area contributed by atoms with E-state index in [0.29, 0.717) is 0 Å². The van der Waals surface area contributed by atoms with Gasteiger partial charge in [0, 0.05) is 5.69 Å². The largest absolute Gasteiger partial charge is 0.399 e. The summed E-state index contributed by atoms with van der Waals surface area (Å²) in [6.07, 6.45) is 0. The zero-order chi connectivity index (χ0) is 14.9. The molecular formula is C9H10ClFN6O2S. The summed E-state index contributed by atoms with van der Waals surface area (Å²) in [7, 11) is -4.17. The van der Waals surface area contributed by atoms with Crippen molar-refractivity contribution in [3.05, 3.63) is 28.8 Å². The molecule has 0 spiro atoms. The number of nitrogens with two attached hydrogens (primary N) is 1. The molecule has 1 atom stereocenters. The van der Waals surface area contributed by atoms with Crippen LogP contribution in [0, 0.1) is 5.82 Å². The quantitative estimate of drug-likeness (QED) is 0.708. The SMILES string of the molecule is CC(NS(=O)(=O)c1cc(N)cc(Cl)c1F)c1nn[nH]n1. The van der Waals surface area contributed by atoms with Crippen LogP contribution >= 0.6 is 11.6 Å². The lowest BCUT2D eigenvalue weighted by molar-refractivity contribution is 0.542. The predicted molar refractivity (Wildman–Crippen MR) is 68.7 cm³/mol. The van der Waals surface area contributed by atoms with Crippen LogP contribution in [0.5, 0.6) is 0 Å². The van der Waals surface area contributed by atoms with E-state index in [0.717, 1.165) is 12.1 Å². The van der Waals surface area contributed by atoms with Crippen LogP contribution < -0.4 is 10.5 Å². The van der Waals surface area contributed by atoms with Crippen LogP contribution in [0.4, 0.5) is 10.1 Å². The molecule has 0 amide bonds. The van der Waals surface area contributed by atoms with Crippen LogP contribution in [0.15, 0.2) is 17.0 Å². The van der Waals surface area contributed by atoms with Gasteiger partial charge < -0.3 is 5.73 Å². The van der Waals surface area contributed by atoms with Crippen molar-refractivity contribution in [2.24, 2.45) is 0 Å². The third kappa shape index (κ3) is 2.86. The first-order valence-electron chi connectivity index (χ1n) is 5.31. The summed E-state index contributed by atoms with van der Waals surface area (Å²) in [6.45, 7) is 1.48. The van der Waals surface area contributed by atoms with E-state index in [9.17, 15) is 12.8 Å². The zero-order valence-corrected chi connectivity index (χ0v) is 11.7. The molecule has 2 rings (SSSR count). The van der Waals surface area contributed by atoms with Crippen LogP contribution in [-0.4, -0.2) is 29.0 Å². The molecule has 4 N–H and O–H groups in total. The van der Waals surface area contributed by atoms with Gasteiger partial charge in [-0.05, 0) is 19.1 Å². The van der Waals surface area contributed by atoms with E-state index in [1.165, 1.54) is 6.92 Å². The summed E-state index contributed by atoms with van der Waals surface area (Å²) in [5, 5.41) is 12.4. The van der Waals surface area contributed by atoms with Gasteiger partial charge in [-0.25, -0.2) is 17.5 Å². The van der Waals surface area contributed by atoms with E-state index >= 15 is 0 Å². The van der Waals surface area contributed by atoms with Gasteiger partial charge in [0.1, 0.15) is 4.90 Å². The number of aromatic nitrogens is 4. The molecule has 0 saturated carbocycles. The number of benzene rings is 1. The van der Waals surface area contributed by atoms with Gasteiger partial charge in [0.05, 0.1) is 11.1 Å². The fraction of sp³-hybridized carbons (Fsp3) is 0.222. The van der Waals surface area contributed by atoms with E-state index in [2.05, 4.69) is 25.3 Å². The molecule has 0 radical (unpaired) electrons. The van der Waals surface area contributed by atoms with E-state index < -0.39 is 26.8 Å². The second-order valence-electron chi connectivity index (χ2n) is 3.93. The van der Waals surface area contributed by atoms with Gasteiger partial charge in [-0.2, -0.15) is 5.21 Å². The minimum atomic E-state index is -4.17. The smallest absolute Gasteiger partial charge is 0.244 e. The molecule has 108 valence electrons. The van der Waals surface area contributed by atoms with E-state index in [1.54, 1.807) is 0 Å². The lowest BCUT2D eigenvalue weighted by Crippen LogP contribution is -2.28. The molecule has 1 aromatic carbocycles. The summed E-state index contributed by atoms with van der Waals surface area (Å²) in [5.41, 5.74) is 5.50. The van der Waals surface area contributed by atoms with Gasteiger partial charge in [0.25, 0.3) is 0 Å². The number of H-pyrrole nitrogens is 1. The highest BCUT2D eigenvalue weighted by Crippen LogP contribution is 2.26. The Kier molecular flexibility index (Phi) is 3.88. The molecule has 2 aromatic rings. The Morgan fingerprint density at radius 1 is 1.50 bits per heavy atom. The maximum atomic E-state index is 13.8. The maximum Gasteiger partial charge on any atom is 0.244 e. The van der Waals surface area contributed by atoms with Crippen LogP contribution in [0.3, 0.4) is 0 Å². The number of anilines is 1. The number of halogens is 2. The Bertz CT molecular complexity index is 720. The van der Waals surface area contributed by atoms with E-state index in [1.807, 2.05) is 0 Å². The standard InChI is InChI=1S/C9H10ClFN6O2S/c1-4(9-13-16-17-14-9)15-20(18,19)7-3-5(12)2-6(10)8(7)11/h2-4,15H,12H2,1H3,(H,13,14,16,17). The molecule has 11 heteroatoms. The van der Waals surface area contributed by atoms with E-state index in [4.69, 9.17) is 17.3 Å². The number of nitrogen functional groups attached to an aromatic ring is 1. The van der Waals surface area contributed by atoms with Crippen molar-refractivity contribution in [2.75, 3.05) is 5.73 Å². The molecule has 8 nitrogen and oxygen atoms in total. The average molecular weight is 321 g/mol. The monoisotopic (exact) mass is 320 g/mol. The van der Waals surface area contributed by atoms with Gasteiger partial charge in [0.15, 0.2) is 11.6 Å². The fourth-order valence-corrected chi connectivity index (χ4v) is 3.10. The topological polar surface area (TPSA) is 127 Å². The van der Waals surface area contributed by atoms with Gasteiger partial charge in [-0.3, -0.25) is 0 Å². The van der Waals surface area contributed by atoms with Crippen molar-refractivity contribution in [1.29, 1.82) is 0 Å². The Morgan fingerprint density at radius 2 is 2.20 bits per heavy atom. The number of tetrazole rings is 1. The molecule has 0 fully saturated rings. The molecule has 1 unspecified atom stereocenters. The molecule has 0 bridgehead atoms. The van der Waals surface area contributed by atoms with Gasteiger partial charge >= 0.3 is 0 Å². The second kappa shape index (κ2) is 5.31. The summed E-state index contributed by atoms with van der Waals surface area (Å²) in [5.74, 6) is -0.960. The molecule has 0 aliphatic rings. The van der Waals surface area contributed by atoms with Gasteiger partial charge in [-0.15, -0.1) is 10.2 Å². The van der Waals surface area contributed by atoms with Gasteiger partial charge in [-0.1, -0.05) is 16.8 Å². The van der Waals surface area contributed by atoms with Crippen molar-refractivity contribution < 1.29 is 12.8 Å². The first-order chi connectivity index (χ1) is 9.31. The van der Waals surface area contributed by atoms with Crippen molar-refractivity contribution in [3.8, 4) is 0 Å². The minimum Gasteiger partial charge on any atom is -0.399 e. The number of nitrogens with zero attached hydrogens (tertiary/aromatic N) is 3. The first kappa shape index (κ1) is 14.6. The van der Waals surface area contributed by atoms with Crippen LogP contribution in [0.25, 0.3) is 0 Å². The zero-order valence-electron chi connectivity index (χ0n) is 10.1. The van der Waals surface area contributed by atoms with Crippen molar-refractivity contribution >= 4 is 27.3 Å². The Balaban J connectivity index is 2.36. The van der Waals surface area contributed by atoms with E-state index in [-0.39, 0.29) is 16.5 Å². The third-order valence-electron chi connectivity index (χ3n) is 2.39. The third-order valence-corrected chi connectivity index (χ3v) is 4.20. The highest BCUT2D eigenvalue weighted by atomic mass is 35.5. The molecule has 0 aliphatic heterocycles. The molecule has 0 aliphatic carbocycles.